The quantitative estimate of drug-likeness (QED) is 0.840. The van der Waals surface area contributed by atoms with Gasteiger partial charge in [-0.3, -0.25) is 0 Å². The van der Waals surface area contributed by atoms with Gasteiger partial charge in [0.05, 0.1) is 0 Å². The van der Waals surface area contributed by atoms with E-state index >= 15 is 0 Å². The molecular weight excluding hydrogens is 326 g/mol. The average Bonchev–Trinajstić information content (AvgIpc) is 2.70. The Balaban J connectivity index is 1.27. The van der Waals surface area contributed by atoms with E-state index in [2.05, 4.69) is 29.6 Å². The molecule has 2 aromatic carbocycles. The molecule has 4 nitrogen and oxygen atoms in total. The van der Waals surface area contributed by atoms with Crippen molar-refractivity contribution in [2.24, 2.45) is 0 Å². The number of aryl methyl sites for hydroxylation is 1. The third kappa shape index (κ3) is 3.92. The molecule has 2 aromatic rings. The highest BCUT2D eigenvalue weighted by atomic mass is 16.5. The van der Waals surface area contributed by atoms with Crippen LogP contribution in [0.15, 0.2) is 48.5 Å². The highest BCUT2D eigenvalue weighted by Crippen LogP contribution is 2.34. The van der Waals surface area contributed by atoms with Crippen molar-refractivity contribution in [2.45, 2.75) is 31.4 Å². The smallest absolute Gasteiger partial charge is 0.168 e. The van der Waals surface area contributed by atoms with Gasteiger partial charge in [-0.05, 0) is 42.5 Å². The van der Waals surface area contributed by atoms with E-state index in [-0.39, 0.29) is 6.61 Å². The number of benzene rings is 2. The molecule has 26 heavy (non-hydrogen) atoms. The Hall–Kier alpha value is -2.30. The molecule has 136 valence electrons. The SMILES string of the molecule is OC(CNC1CCc2ccccc2C1)COc1cccc2c1OCC=C2. The van der Waals surface area contributed by atoms with Crippen LogP contribution >= 0.6 is 0 Å². The minimum absolute atomic E-state index is 0.250. The summed E-state index contributed by atoms with van der Waals surface area (Å²) in [6.45, 7) is 1.34. The molecule has 0 saturated heterocycles. The molecule has 2 atom stereocenters. The minimum Gasteiger partial charge on any atom is -0.487 e. The fourth-order valence-electron chi connectivity index (χ4n) is 3.66. The fraction of sp³-hybridized carbons (Fsp3) is 0.364. The van der Waals surface area contributed by atoms with Gasteiger partial charge in [0.15, 0.2) is 11.5 Å². The summed E-state index contributed by atoms with van der Waals surface area (Å²) in [5.41, 5.74) is 3.89. The van der Waals surface area contributed by atoms with Crippen LogP contribution in [0, 0.1) is 0 Å². The number of aliphatic hydroxyl groups excluding tert-OH is 1. The van der Waals surface area contributed by atoms with Crippen LogP contribution in [-0.4, -0.2) is 37.0 Å². The van der Waals surface area contributed by atoms with Gasteiger partial charge in [0.1, 0.15) is 19.3 Å². The maximum Gasteiger partial charge on any atom is 0.168 e. The monoisotopic (exact) mass is 351 g/mol. The molecule has 0 fully saturated rings. The molecule has 0 amide bonds. The highest BCUT2D eigenvalue weighted by Gasteiger charge is 2.19. The molecule has 4 rings (SSSR count). The fourth-order valence-corrected chi connectivity index (χ4v) is 3.66. The summed E-state index contributed by atoms with van der Waals surface area (Å²) in [6.07, 6.45) is 6.69. The second kappa shape index (κ2) is 7.94. The van der Waals surface area contributed by atoms with Crippen LogP contribution in [0.3, 0.4) is 0 Å². The molecule has 0 radical (unpaired) electrons. The number of rotatable bonds is 6. The van der Waals surface area contributed by atoms with E-state index < -0.39 is 6.10 Å². The van der Waals surface area contributed by atoms with Gasteiger partial charge in [-0.2, -0.15) is 0 Å². The predicted molar refractivity (Wildman–Crippen MR) is 103 cm³/mol. The zero-order valence-corrected chi connectivity index (χ0v) is 14.9. The lowest BCUT2D eigenvalue weighted by molar-refractivity contribution is 0.101. The van der Waals surface area contributed by atoms with E-state index in [0.717, 1.165) is 30.6 Å². The molecule has 1 aliphatic carbocycles. The van der Waals surface area contributed by atoms with Gasteiger partial charge in [-0.1, -0.05) is 42.5 Å². The molecular formula is C22H25NO3. The van der Waals surface area contributed by atoms with Crippen molar-refractivity contribution in [3.05, 3.63) is 65.2 Å². The maximum absolute atomic E-state index is 10.3. The molecule has 0 saturated carbocycles. The number of fused-ring (bicyclic) bond motifs is 2. The first-order valence-corrected chi connectivity index (χ1v) is 9.33. The lowest BCUT2D eigenvalue weighted by atomic mass is 9.88. The molecule has 2 unspecified atom stereocenters. The zero-order chi connectivity index (χ0) is 17.8. The molecule has 4 heteroatoms. The Morgan fingerprint density at radius 3 is 2.96 bits per heavy atom. The Morgan fingerprint density at radius 2 is 2.04 bits per heavy atom. The van der Waals surface area contributed by atoms with Crippen LogP contribution < -0.4 is 14.8 Å². The Labute approximate surface area is 154 Å². The minimum atomic E-state index is -0.554. The number of hydrogen-bond acceptors (Lipinski definition) is 4. The topological polar surface area (TPSA) is 50.7 Å². The summed E-state index contributed by atoms with van der Waals surface area (Å²) in [7, 11) is 0. The number of hydrogen-bond donors (Lipinski definition) is 2. The number of para-hydroxylation sites is 1. The first kappa shape index (κ1) is 17.1. The third-order valence-corrected chi connectivity index (χ3v) is 5.05. The van der Waals surface area contributed by atoms with E-state index in [1.807, 2.05) is 30.4 Å². The molecule has 2 N–H and O–H groups in total. The van der Waals surface area contributed by atoms with Crippen molar-refractivity contribution in [3.63, 3.8) is 0 Å². The third-order valence-electron chi connectivity index (χ3n) is 5.05. The van der Waals surface area contributed by atoms with Crippen molar-refractivity contribution >= 4 is 6.08 Å². The Kier molecular flexibility index (Phi) is 5.23. The Bertz CT molecular complexity index is 787. The van der Waals surface area contributed by atoms with Crippen molar-refractivity contribution < 1.29 is 14.6 Å². The summed E-state index contributed by atoms with van der Waals surface area (Å²) < 4.78 is 11.5. The first-order valence-electron chi connectivity index (χ1n) is 9.33. The van der Waals surface area contributed by atoms with Crippen LogP contribution in [0.4, 0.5) is 0 Å². The lowest BCUT2D eigenvalue weighted by Crippen LogP contribution is -2.40. The summed E-state index contributed by atoms with van der Waals surface area (Å²) in [6, 6.07) is 14.9. The van der Waals surface area contributed by atoms with Gasteiger partial charge in [-0.15, -0.1) is 0 Å². The van der Waals surface area contributed by atoms with Crippen LogP contribution in [0.25, 0.3) is 6.08 Å². The van der Waals surface area contributed by atoms with Crippen molar-refractivity contribution in [1.82, 2.24) is 5.32 Å². The van der Waals surface area contributed by atoms with E-state index in [1.165, 1.54) is 11.1 Å². The van der Waals surface area contributed by atoms with E-state index in [4.69, 9.17) is 9.47 Å². The zero-order valence-electron chi connectivity index (χ0n) is 14.9. The number of aliphatic hydroxyl groups is 1. The molecule has 0 bridgehead atoms. The van der Waals surface area contributed by atoms with Gasteiger partial charge in [0.25, 0.3) is 0 Å². The van der Waals surface area contributed by atoms with E-state index in [1.54, 1.807) is 0 Å². The second-order valence-corrected chi connectivity index (χ2v) is 6.97. The molecule has 0 aromatic heterocycles. The Morgan fingerprint density at radius 1 is 1.15 bits per heavy atom. The molecule has 0 spiro atoms. The van der Waals surface area contributed by atoms with Crippen molar-refractivity contribution in [1.29, 1.82) is 0 Å². The van der Waals surface area contributed by atoms with E-state index in [0.29, 0.717) is 24.9 Å². The van der Waals surface area contributed by atoms with Crippen LogP contribution in [0.5, 0.6) is 11.5 Å². The van der Waals surface area contributed by atoms with Gasteiger partial charge in [-0.25, -0.2) is 0 Å². The summed E-state index contributed by atoms with van der Waals surface area (Å²) in [4.78, 5) is 0. The van der Waals surface area contributed by atoms with Gasteiger partial charge in [0, 0.05) is 18.2 Å². The first-order chi connectivity index (χ1) is 12.8. The van der Waals surface area contributed by atoms with Crippen LogP contribution in [-0.2, 0) is 12.8 Å². The van der Waals surface area contributed by atoms with Gasteiger partial charge < -0.3 is 19.9 Å². The maximum atomic E-state index is 10.3. The number of nitrogens with one attached hydrogen (secondary N) is 1. The van der Waals surface area contributed by atoms with Crippen LogP contribution in [0.1, 0.15) is 23.1 Å². The standard InChI is InChI=1S/C22H25NO3/c24-20(14-23-19-11-10-16-5-1-2-6-18(16)13-19)15-26-21-9-3-7-17-8-4-12-25-22(17)21/h1-9,19-20,23-24H,10-15H2. The average molecular weight is 351 g/mol. The largest absolute Gasteiger partial charge is 0.487 e. The van der Waals surface area contributed by atoms with Crippen molar-refractivity contribution in [3.8, 4) is 11.5 Å². The highest BCUT2D eigenvalue weighted by molar-refractivity contribution is 5.64. The van der Waals surface area contributed by atoms with Crippen molar-refractivity contribution in [2.75, 3.05) is 19.8 Å². The molecule has 1 heterocycles. The lowest BCUT2D eigenvalue weighted by Gasteiger charge is -2.26. The molecule has 2 aliphatic rings. The van der Waals surface area contributed by atoms with Gasteiger partial charge in [0.2, 0.25) is 0 Å². The summed E-state index contributed by atoms with van der Waals surface area (Å²) in [5, 5.41) is 13.8. The summed E-state index contributed by atoms with van der Waals surface area (Å²) >= 11 is 0. The summed E-state index contributed by atoms with van der Waals surface area (Å²) in [5.74, 6) is 1.46. The van der Waals surface area contributed by atoms with Gasteiger partial charge >= 0.3 is 0 Å². The molecule has 1 aliphatic heterocycles. The number of ether oxygens (including phenoxy) is 2. The van der Waals surface area contributed by atoms with E-state index in [9.17, 15) is 5.11 Å². The van der Waals surface area contributed by atoms with Crippen LogP contribution in [0.2, 0.25) is 0 Å². The predicted octanol–water partition coefficient (Wildman–Crippen LogP) is 2.98. The normalized spacial score (nSPS) is 19.2. The second-order valence-electron chi connectivity index (χ2n) is 6.97.